The zero-order valence-corrected chi connectivity index (χ0v) is 16.3. The van der Waals surface area contributed by atoms with Gasteiger partial charge >= 0.3 is 0 Å². The van der Waals surface area contributed by atoms with Crippen molar-refractivity contribution in [1.29, 1.82) is 0 Å². The van der Waals surface area contributed by atoms with Gasteiger partial charge in [0.15, 0.2) is 11.5 Å². The molecule has 0 unspecified atom stereocenters. The number of benzene rings is 1. The minimum absolute atomic E-state index is 0.0603. The number of aryl methyl sites for hydroxylation is 1. The van der Waals surface area contributed by atoms with Gasteiger partial charge in [0.05, 0.1) is 14.2 Å². The summed E-state index contributed by atoms with van der Waals surface area (Å²) in [7, 11) is 3.18. The Morgan fingerprint density at radius 1 is 0.963 bits per heavy atom. The number of carbonyl (C=O) groups excluding carboxylic acids is 1. The van der Waals surface area contributed by atoms with Crippen molar-refractivity contribution in [3.8, 4) is 11.5 Å². The van der Waals surface area contributed by atoms with Crippen LogP contribution in [0.1, 0.15) is 23.2 Å². The first-order valence-corrected chi connectivity index (χ1v) is 9.55. The molecule has 0 radical (unpaired) electrons. The van der Waals surface area contributed by atoms with Crippen LogP contribution in [0.2, 0.25) is 0 Å². The van der Waals surface area contributed by atoms with E-state index >= 15 is 0 Å². The molecule has 1 amide bonds. The van der Waals surface area contributed by atoms with E-state index in [0.29, 0.717) is 17.1 Å². The van der Waals surface area contributed by atoms with E-state index in [1.807, 2.05) is 11.0 Å². The molecule has 1 aromatic carbocycles. The fourth-order valence-corrected chi connectivity index (χ4v) is 3.55. The molecule has 146 valence electrons. The van der Waals surface area contributed by atoms with Gasteiger partial charge in [0.1, 0.15) is 0 Å². The minimum Gasteiger partial charge on any atom is -0.493 e. The summed E-state index contributed by atoms with van der Waals surface area (Å²) in [6.45, 7) is 5.62. The molecule has 0 saturated carbocycles. The van der Waals surface area contributed by atoms with E-state index in [4.69, 9.17) is 9.47 Å². The Labute approximate surface area is 161 Å². The van der Waals surface area contributed by atoms with Crippen molar-refractivity contribution in [3.63, 3.8) is 0 Å². The number of nitrogens with zero attached hydrogens (tertiary/aromatic N) is 3. The van der Waals surface area contributed by atoms with Crippen molar-refractivity contribution in [2.24, 2.45) is 0 Å². The van der Waals surface area contributed by atoms with Gasteiger partial charge in [-0.15, -0.1) is 0 Å². The highest BCUT2D eigenvalue weighted by Crippen LogP contribution is 2.28. The van der Waals surface area contributed by atoms with Gasteiger partial charge in [-0.3, -0.25) is 4.79 Å². The van der Waals surface area contributed by atoms with Crippen molar-refractivity contribution in [2.75, 3.05) is 46.9 Å². The summed E-state index contributed by atoms with van der Waals surface area (Å²) in [5.74, 6) is 1.29. The monoisotopic (exact) mass is 371 g/mol. The quantitative estimate of drug-likeness (QED) is 0.751. The van der Waals surface area contributed by atoms with E-state index in [0.717, 1.165) is 52.1 Å². The molecule has 2 aromatic rings. The third-order valence-electron chi connectivity index (χ3n) is 5.06. The predicted molar refractivity (Wildman–Crippen MR) is 106 cm³/mol. The molecule has 1 aromatic heterocycles. The molecule has 0 N–H and O–H groups in total. The first-order valence-electron chi connectivity index (χ1n) is 9.55. The van der Waals surface area contributed by atoms with E-state index in [1.54, 1.807) is 26.4 Å². The zero-order chi connectivity index (χ0) is 19.1. The number of hydrogen-bond acceptors (Lipinski definition) is 4. The molecule has 6 nitrogen and oxygen atoms in total. The number of rotatable bonds is 7. The van der Waals surface area contributed by atoms with Gasteiger partial charge in [-0.2, -0.15) is 0 Å². The van der Waals surface area contributed by atoms with E-state index in [2.05, 4.69) is 34.0 Å². The van der Waals surface area contributed by atoms with Crippen LogP contribution in [0.3, 0.4) is 0 Å². The van der Waals surface area contributed by atoms with Crippen LogP contribution in [0.15, 0.2) is 42.7 Å². The molecule has 0 spiro atoms. The van der Waals surface area contributed by atoms with Crippen molar-refractivity contribution in [3.05, 3.63) is 48.3 Å². The lowest BCUT2D eigenvalue weighted by molar-refractivity contribution is 0.0761. The highest BCUT2D eigenvalue weighted by atomic mass is 16.5. The van der Waals surface area contributed by atoms with Crippen LogP contribution in [0.25, 0.3) is 0 Å². The first-order chi connectivity index (χ1) is 13.2. The lowest BCUT2D eigenvalue weighted by Crippen LogP contribution is -2.35. The lowest BCUT2D eigenvalue weighted by Gasteiger charge is -2.22. The molecule has 6 heteroatoms. The number of amides is 1. The Balaban J connectivity index is 1.53. The van der Waals surface area contributed by atoms with Crippen molar-refractivity contribution < 1.29 is 14.3 Å². The molecule has 0 aliphatic carbocycles. The first kappa shape index (κ1) is 19.3. The molecule has 0 bridgehead atoms. The number of aromatic nitrogens is 1. The van der Waals surface area contributed by atoms with E-state index in [9.17, 15) is 4.79 Å². The smallest absolute Gasteiger partial charge is 0.254 e. The Morgan fingerprint density at radius 2 is 1.74 bits per heavy atom. The summed E-state index contributed by atoms with van der Waals surface area (Å²) in [5, 5.41) is 0. The van der Waals surface area contributed by atoms with Crippen LogP contribution in [0, 0.1) is 0 Å². The summed E-state index contributed by atoms with van der Waals surface area (Å²) >= 11 is 0. The number of hydrogen-bond donors (Lipinski definition) is 0. The number of methoxy groups -OCH3 is 2. The van der Waals surface area contributed by atoms with Crippen molar-refractivity contribution >= 4 is 5.91 Å². The average molecular weight is 371 g/mol. The summed E-state index contributed by atoms with van der Waals surface area (Å²) in [4.78, 5) is 17.3. The van der Waals surface area contributed by atoms with Crippen LogP contribution in [-0.2, 0) is 6.54 Å². The molecule has 1 saturated heterocycles. The van der Waals surface area contributed by atoms with Gasteiger partial charge in [-0.1, -0.05) is 0 Å². The van der Waals surface area contributed by atoms with Gasteiger partial charge in [0, 0.05) is 44.1 Å². The summed E-state index contributed by atoms with van der Waals surface area (Å²) in [5.41, 5.74) is 0.647. The molecule has 27 heavy (non-hydrogen) atoms. The molecule has 1 aliphatic heterocycles. The van der Waals surface area contributed by atoms with E-state index in [-0.39, 0.29) is 5.91 Å². The Kier molecular flexibility index (Phi) is 6.76. The Bertz CT molecular complexity index is 730. The topological polar surface area (TPSA) is 46.9 Å². The standard InChI is InChI=1S/C21H29N3O3/c1-26-19-8-7-18(17-20(19)27-2)21(25)24-14-6-13-23(15-16-24)12-5-11-22-9-3-4-10-22/h3-4,7-10,17H,5-6,11-16H2,1-2H3. The van der Waals surface area contributed by atoms with Gasteiger partial charge in [-0.25, -0.2) is 0 Å². The third-order valence-corrected chi connectivity index (χ3v) is 5.06. The lowest BCUT2D eigenvalue weighted by atomic mass is 10.1. The molecule has 1 fully saturated rings. The van der Waals surface area contributed by atoms with Crippen LogP contribution in [0.4, 0.5) is 0 Å². The van der Waals surface area contributed by atoms with Gasteiger partial charge in [0.25, 0.3) is 5.91 Å². The Hall–Kier alpha value is -2.47. The summed E-state index contributed by atoms with van der Waals surface area (Å²) in [6.07, 6.45) is 6.33. The average Bonchev–Trinajstić information content (AvgIpc) is 3.11. The Morgan fingerprint density at radius 3 is 2.48 bits per heavy atom. The largest absolute Gasteiger partial charge is 0.493 e. The fourth-order valence-electron chi connectivity index (χ4n) is 3.55. The van der Waals surface area contributed by atoms with Crippen molar-refractivity contribution in [1.82, 2.24) is 14.4 Å². The molecular formula is C21H29N3O3. The molecule has 0 atom stereocenters. The highest BCUT2D eigenvalue weighted by Gasteiger charge is 2.21. The zero-order valence-electron chi connectivity index (χ0n) is 16.3. The second-order valence-electron chi connectivity index (χ2n) is 6.83. The van der Waals surface area contributed by atoms with Gasteiger partial charge in [0.2, 0.25) is 0 Å². The molecule has 2 heterocycles. The molecule has 3 rings (SSSR count). The second kappa shape index (κ2) is 9.46. The second-order valence-corrected chi connectivity index (χ2v) is 6.83. The van der Waals surface area contributed by atoms with Crippen LogP contribution in [0.5, 0.6) is 11.5 Å². The highest BCUT2D eigenvalue weighted by molar-refractivity contribution is 5.95. The van der Waals surface area contributed by atoms with E-state index < -0.39 is 0 Å². The number of carbonyl (C=O) groups is 1. The minimum atomic E-state index is 0.0603. The van der Waals surface area contributed by atoms with E-state index in [1.165, 1.54) is 0 Å². The van der Waals surface area contributed by atoms with Crippen LogP contribution in [-0.4, -0.2) is 67.2 Å². The third kappa shape index (κ3) is 5.04. The fraction of sp³-hybridized carbons (Fsp3) is 0.476. The summed E-state index contributed by atoms with van der Waals surface area (Å²) < 4.78 is 12.8. The van der Waals surface area contributed by atoms with Crippen LogP contribution >= 0.6 is 0 Å². The molecular weight excluding hydrogens is 342 g/mol. The predicted octanol–water partition coefficient (Wildman–Crippen LogP) is 2.74. The maximum absolute atomic E-state index is 12.9. The van der Waals surface area contributed by atoms with Crippen molar-refractivity contribution in [2.45, 2.75) is 19.4 Å². The van der Waals surface area contributed by atoms with Crippen LogP contribution < -0.4 is 9.47 Å². The number of ether oxygens (including phenoxy) is 2. The van der Waals surface area contributed by atoms with Gasteiger partial charge in [-0.05, 0) is 56.3 Å². The maximum atomic E-state index is 12.9. The normalized spacial score (nSPS) is 15.4. The molecule has 1 aliphatic rings. The SMILES string of the molecule is COc1ccc(C(=O)N2CCCN(CCCn3cccc3)CC2)cc1OC. The summed E-state index contributed by atoms with van der Waals surface area (Å²) in [6, 6.07) is 9.48. The van der Waals surface area contributed by atoms with Gasteiger partial charge < -0.3 is 23.8 Å². The maximum Gasteiger partial charge on any atom is 0.254 e.